The molecule has 2 aromatic rings. The highest BCUT2D eigenvalue weighted by Gasteiger charge is 2.08. The van der Waals surface area contributed by atoms with Gasteiger partial charge in [0.2, 0.25) is 0 Å². The summed E-state index contributed by atoms with van der Waals surface area (Å²) in [6, 6.07) is 15.9. The van der Waals surface area contributed by atoms with Gasteiger partial charge in [-0.25, -0.2) is 0 Å². The van der Waals surface area contributed by atoms with E-state index in [2.05, 4.69) is 26.0 Å². The summed E-state index contributed by atoms with van der Waals surface area (Å²) in [4.78, 5) is 0. The Labute approximate surface area is 108 Å². The molecule has 0 saturated carbocycles. The van der Waals surface area contributed by atoms with E-state index in [1.807, 2.05) is 36.4 Å². The van der Waals surface area contributed by atoms with Crippen LogP contribution in [0.1, 0.15) is 25.0 Å². The van der Waals surface area contributed by atoms with Gasteiger partial charge < -0.3 is 10.5 Å². The third-order valence-corrected chi connectivity index (χ3v) is 2.78. The van der Waals surface area contributed by atoms with Crippen LogP contribution in [0.5, 0.6) is 5.75 Å². The number of anilines is 1. The van der Waals surface area contributed by atoms with Crippen molar-refractivity contribution in [3.05, 3.63) is 65.6 Å². The first-order valence-corrected chi connectivity index (χ1v) is 6.03. The zero-order valence-electron chi connectivity index (χ0n) is 10.8. The van der Waals surface area contributed by atoms with E-state index >= 15 is 0 Å². The molecular formula is C16H18NO. The van der Waals surface area contributed by atoms with Crippen molar-refractivity contribution in [1.82, 2.24) is 0 Å². The quantitative estimate of drug-likeness (QED) is 0.825. The molecule has 18 heavy (non-hydrogen) atoms. The fraction of sp³-hybridized carbons (Fsp3) is 0.188. The van der Waals surface area contributed by atoms with Crippen LogP contribution in [0.25, 0.3) is 0 Å². The molecule has 0 atom stereocenters. The zero-order valence-corrected chi connectivity index (χ0v) is 10.8. The molecule has 0 heterocycles. The van der Waals surface area contributed by atoms with Crippen LogP contribution in [0.15, 0.2) is 48.5 Å². The minimum Gasteiger partial charge on any atom is -0.489 e. The summed E-state index contributed by atoms with van der Waals surface area (Å²) in [7, 11) is 0. The Balaban J connectivity index is 2.14. The first kappa shape index (κ1) is 12.5. The molecule has 0 aromatic heterocycles. The summed E-state index contributed by atoms with van der Waals surface area (Å²) in [5, 5.41) is 0. The third-order valence-electron chi connectivity index (χ3n) is 2.78. The Hall–Kier alpha value is -1.96. The summed E-state index contributed by atoms with van der Waals surface area (Å²) in [6.07, 6.45) is 0. The fourth-order valence-corrected chi connectivity index (χ4v) is 1.80. The molecule has 0 aliphatic carbocycles. The first-order valence-electron chi connectivity index (χ1n) is 6.03. The molecule has 0 unspecified atom stereocenters. The Kier molecular flexibility index (Phi) is 3.88. The van der Waals surface area contributed by atoms with Gasteiger partial charge in [0.1, 0.15) is 12.4 Å². The number of hydrogen-bond donors (Lipinski definition) is 1. The van der Waals surface area contributed by atoms with E-state index in [0.717, 1.165) is 22.6 Å². The monoisotopic (exact) mass is 240 g/mol. The predicted octanol–water partition coefficient (Wildman–Crippen LogP) is 3.81. The van der Waals surface area contributed by atoms with Crippen LogP contribution >= 0.6 is 0 Å². The number of nitrogen functional groups attached to an aromatic ring is 1. The second-order valence-corrected chi connectivity index (χ2v) is 4.53. The van der Waals surface area contributed by atoms with Gasteiger partial charge in [-0.15, -0.1) is 0 Å². The average Bonchev–Trinajstić information content (AvgIpc) is 2.38. The molecule has 2 nitrogen and oxygen atoms in total. The lowest BCUT2D eigenvalue weighted by molar-refractivity contribution is 0.304. The van der Waals surface area contributed by atoms with E-state index < -0.39 is 0 Å². The molecule has 2 heteroatoms. The van der Waals surface area contributed by atoms with E-state index in [0.29, 0.717) is 6.61 Å². The van der Waals surface area contributed by atoms with Gasteiger partial charge in [0.05, 0.1) is 0 Å². The van der Waals surface area contributed by atoms with Crippen molar-refractivity contribution in [3.8, 4) is 5.75 Å². The molecule has 0 aliphatic rings. The van der Waals surface area contributed by atoms with E-state index in [1.165, 1.54) is 5.92 Å². The first-order chi connectivity index (χ1) is 8.66. The molecular weight excluding hydrogens is 222 g/mol. The van der Waals surface area contributed by atoms with Gasteiger partial charge >= 0.3 is 0 Å². The standard InChI is InChI=1S/C16H18NO/c1-12(2)15-10-14(17)8-9-16(15)18-11-13-6-4-3-5-7-13/h3-10H,11,17H2,1-2H3. The van der Waals surface area contributed by atoms with Crippen molar-refractivity contribution in [2.24, 2.45) is 0 Å². The lowest BCUT2D eigenvalue weighted by Gasteiger charge is -2.14. The highest BCUT2D eigenvalue weighted by Crippen LogP contribution is 2.28. The summed E-state index contributed by atoms with van der Waals surface area (Å²) < 4.78 is 5.86. The topological polar surface area (TPSA) is 35.2 Å². The second kappa shape index (κ2) is 5.58. The van der Waals surface area contributed by atoms with Crippen LogP contribution in [-0.2, 0) is 6.61 Å². The highest BCUT2D eigenvalue weighted by molar-refractivity contribution is 5.52. The van der Waals surface area contributed by atoms with Crippen LogP contribution in [0.3, 0.4) is 0 Å². The SMILES string of the molecule is C[C](C)c1cc(N)ccc1OCc1ccccc1. The number of ether oxygens (including phenoxy) is 1. The molecule has 0 spiro atoms. The maximum Gasteiger partial charge on any atom is 0.123 e. The van der Waals surface area contributed by atoms with Crippen LogP contribution in [-0.4, -0.2) is 0 Å². The molecule has 2 rings (SSSR count). The van der Waals surface area contributed by atoms with Crippen LogP contribution in [0.4, 0.5) is 5.69 Å². The molecule has 93 valence electrons. The number of nitrogens with two attached hydrogens (primary N) is 1. The van der Waals surface area contributed by atoms with Crippen molar-refractivity contribution < 1.29 is 4.74 Å². The van der Waals surface area contributed by atoms with Crippen molar-refractivity contribution in [2.75, 3.05) is 5.73 Å². The normalized spacial score (nSPS) is 10.6. The zero-order chi connectivity index (χ0) is 13.0. The van der Waals surface area contributed by atoms with E-state index in [4.69, 9.17) is 10.5 Å². The smallest absolute Gasteiger partial charge is 0.123 e. The van der Waals surface area contributed by atoms with Crippen molar-refractivity contribution in [3.63, 3.8) is 0 Å². The Bertz CT molecular complexity index is 506. The van der Waals surface area contributed by atoms with E-state index in [1.54, 1.807) is 0 Å². The Morgan fingerprint density at radius 1 is 1.06 bits per heavy atom. The lowest BCUT2D eigenvalue weighted by Crippen LogP contribution is -2.01. The predicted molar refractivity (Wildman–Crippen MR) is 75.3 cm³/mol. The van der Waals surface area contributed by atoms with Crippen molar-refractivity contribution in [2.45, 2.75) is 20.5 Å². The second-order valence-electron chi connectivity index (χ2n) is 4.53. The van der Waals surface area contributed by atoms with Crippen molar-refractivity contribution >= 4 is 5.69 Å². The fourth-order valence-electron chi connectivity index (χ4n) is 1.80. The summed E-state index contributed by atoms with van der Waals surface area (Å²) in [6.45, 7) is 4.69. The molecule has 0 amide bonds. The van der Waals surface area contributed by atoms with E-state index in [9.17, 15) is 0 Å². The average molecular weight is 240 g/mol. The molecule has 0 fully saturated rings. The number of rotatable bonds is 4. The van der Waals surface area contributed by atoms with Gasteiger partial charge in [0.15, 0.2) is 0 Å². The van der Waals surface area contributed by atoms with Gasteiger partial charge in [-0.1, -0.05) is 44.2 Å². The van der Waals surface area contributed by atoms with Gasteiger partial charge in [-0.2, -0.15) is 0 Å². The molecule has 0 aliphatic heterocycles. The van der Waals surface area contributed by atoms with Gasteiger partial charge in [0, 0.05) is 17.2 Å². The van der Waals surface area contributed by atoms with Gasteiger partial charge in [0.25, 0.3) is 0 Å². The maximum atomic E-state index is 5.86. The molecule has 0 saturated heterocycles. The van der Waals surface area contributed by atoms with Crippen LogP contribution < -0.4 is 10.5 Å². The highest BCUT2D eigenvalue weighted by atomic mass is 16.5. The summed E-state index contributed by atoms with van der Waals surface area (Å²) >= 11 is 0. The van der Waals surface area contributed by atoms with E-state index in [-0.39, 0.29) is 0 Å². The van der Waals surface area contributed by atoms with Crippen LogP contribution in [0, 0.1) is 5.92 Å². The third kappa shape index (κ3) is 3.04. The summed E-state index contributed by atoms with van der Waals surface area (Å²) in [5.74, 6) is 2.08. The largest absolute Gasteiger partial charge is 0.489 e. The molecule has 0 bridgehead atoms. The molecule has 1 radical (unpaired) electrons. The van der Waals surface area contributed by atoms with Crippen molar-refractivity contribution in [1.29, 1.82) is 0 Å². The lowest BCUT2D eigenvalue weighted by atomic mass is 10.0. The maximum absolute atomic E-state index is 5.86. The molecule has 2 N–H and O–H groups in total. The Morgan fingerprint density at radius 2 is 1.78 bits per heavy atom. The van der Waals surface area contributed by atoms with Gasteiger partial charge in [-0.05, 0) is 23.8 Å². The molecule has 2 aromatic carbocycles. The van der Waals surface area contributed by atoms with Gasteiger partial charge in [-0.3, -0.25) is 0 Å². The number of hydrogen-bond acceptors (Lipinski definition) is 2. The van der Waals surface area contributed by atoms with Crippen LogP contribution in [0.2, 0.25) is 0 Å². The minimum absolute atomic E-state index is 0.574. The minimum atomic E-state index is 0.574. The number of benzene rings is 2. The summed E-state index contributed by atoms with van der Waals surface area (Å²) in [5.41, 5.74) is 8.80. The Morgan fingerprint density at radius 3 is 2.44 bits per heavy atom.